The molecule has 0 bridgehead atoms. The van der Waals surface area contributed by atoms with Crippen molar-refractivity contribution in [3.63, 3.8) is 0 Å². The number of hydrogen-bond acceptors (Lipinski definition) is 5. The highest BCUT2D eigenvalue weighted by atomic mass is 16.5. The molecule has 2 heterocycles. The molecule has 3 N–H and O–H groups in total. The smallest absolute Gasteiger partial charge is 0.257 e. The summed E-state index contributed by atoms with van der Waals surface area (Å²) in [6.07, 6.45) is 1.72. The molecule has 1 amide bonds. The molecule has 5 rings (SSSR count). The lowest BCUT2D eigenvalue weighted by Crippen LogP contribution is -2.25. The van der Waals surface area contributed by atoms with E-state index in [4.69, 9.17) is 20.4 Å². The Morgan fingerprint density at radius 2 is 1.60 bits per heavy atom. The summed E-state index contributed by atoms with van der Waals surface area (Å²) in [5.41, 5.74) is 11.8. The average molecular weight is 466 g/mol. The van der Waals surface area contributed by atoms with E-state index >= 15 is 0 Å². The zero-order chi connectivity index (χ0) is 24.2. The Morgan fingerprint density at radius 1 is 0.914 bits per heavy atom. The van der Waals surface area contributed by atoms with E-state index in [9.17, 15) is 4.79 Å². The van der Waals surface area contributed by atoms with Gasteiger partial charge in [-0.1, -0.05) is 54.6 Å². The number of carbonyl (C=O) groups is 1. The molecule has 0 aliphatic carbocycles. The highest BCUT2D eigenvalue weighted by molar-refractivity contribution is 6.10. The molecule has 176 valence electrons. The number of nitrogen functional groups attached to an aromatic ring is 1. The minimum Gasteiger partial charge on any atom is -0.497 e. The highest BCUT2D eigenvalue weighted by Crippen LogP contribution is 2.29. The predicted molar refractivity (Wildman–Crippen MR) is 139 cm³/mol. The maximum atomic E-state index is 13.3. The lowest BCUT2D eigenvalue weighted by Gasteiger charge is -2.09. The molecule has 3 aromatic carbocycles. The molecule has 0 radical (unpaired) electrons. The molecule has 0 saturated heterocycles. The molecular formula is C28H27N5O2. The van der Waals surface area contributed by atoms with Crippen LogP contribution in [0.1, 0.15) is 27.9 Å². The monoisotopic (exact) mass is 465 g/mol. The summed E-state index contributed by atoms with van der Waals surface area (Å²) < 4.78 is 7.12. The highest BCUT2D eigenvalue weighted by Gasteiger charge is 2.24. The van der Waals surface area contributed by atoms with E-state index in [2.05, 4.69) is 17.4 Å². The fourth-order valence-corrected chi connectivity index (χ4v) is 4.24. The van der Waals surface area contributed by atoms with E-state index in [1.807, 2.05) is 71.3 Å². The second-order valence-corrected chi connectivity index (χ2v) is 8.42. The average Bonchev–Trinajstić information content (AvgIpc) is 3.16. The topological polar surface area (TPSA) is 95.1 Å². The van der Waals surface area contributed by atoms with Gasteiger partial charge < -0.3 is 20.4 Å². The van der Waals surface area contributed by atoms with E-state index in [1.54, 1.807) is 7.11 Å². The normalized spacial score (nSPS) is 11.1. The largest absolute Gasteiger partial charge is 0.497 e. The second kappa shape index (κ2) is 9.85. The number of carbonyl (C=O) groups excluding carboxylic acids is 1. The summed E-state index contributed by atoms with van der Waals surface area (Å²) >= 11 is 0. The Balaban J connectivity index is 1.46. The number of nitrogens with two attached hydrogens (primary N) is 1. The Morgan fingerprint density at radius 3 is 2.31 bits per heavy atom. The van der Waals surface area contributed by atoms with Crippen LogP contribution in [0.25, 0.3) is 22.2 Å². The van der Waals surface area contributed by atoms with Gasteiger partial charge in [0.25, 0.3) is 5.91 Å². The fraction of sp³-hybridized carbons (Fsp3) is 0.179. The first kappa shape index (κ1) is 22.4. The van der Waals surface area contributed by atoms with Crippen molar-refractivity contribution in [2.45, 2.75) is 19.4 Å². The van der Waals surface area contributed by atoms with E-state index in [-0.39, 0.29) is 5.91 Å². The zero-order valence-electron chi connectivity index (χ0n) is 19.6. The van der Waals surface area contributed by atoms with Crippen molar-refractivity contribution in [3.8, 4) is 5.75 Å². The van der Waals surface area contributed by atoms with Crippen LogP contribution in [0.3, 0.4) is 0 Å². The fourth-order valence-electron chi connectivity index (χ4n) is 4.24. The first-order chi connectivity index (χ1) is 17.1. The van der Waals surface area contributed by atoms with Crippen LogP contribution in [0.15, 0.2) is 78.9 Å². The summed E-state index contributed by atoms with van der Waals surface area (Å²) in [6, 6.07) is 25.6. The number of amides is 1. The van der Waals surface area contributed by atoms with Gasteiger partial charge in [-0.15, -0.1) is 0 Å². The van der Waals surface area contributed by atoms with E-state index in [1.165, 1.54) is 5.56 Å². The van der Waals surface area contributed by atoms with Crippen LogP contribution in [0.5, 0.6) is 5.75 Å². The third kappa shape index (κ3) is 4.66. The van der Waals surface area contributed by atoms with Gasteiger partial charge in [-0.2, -0.15) is 0 Å². The number of rotatable bonds is 8. The van der Waals surface area contributed by atoms with Crippen molar-refractivity contribution < 1.29 is 9.53 Å². The minimum absolute atomic E-state index is 0.237. The predicted octanol–water partition coefficient (Wildman–Crippen LogP) is 4.59. The van der Waals surface area contributed by atoms with Gasteiger partial charge in [0.05, 0.1) is 24.7 Å². The standard InChI is InChI=1S/C28H27N5O2/c1-35-21-15-13-20(14-16-21)18-33-26(29)24(25-27(33)32-23-12-6-5-11-22(23)31-25)28(34)30-17-7-10-19-8-3-2-4-9-19/h2-6,8-9,11-16H,7,10,17-18,29H2,1H3,(H,30,34). The number of nitrogens with zero attached hydrogens (tertiary/aromatic N) is 3. The van der Waals surface area contributed by atoms with Crippen LogP contribution in [-0.2, 0) is 13.0 Å². The maximum Gasteiger partial charge on any atom is 0.257 e. The van der Waals surface area contributed by atoms with Gasteiger partial charge in [0.15, 0.2) is 5.65 Å². The molecule has 0 fully saturated rings. The van der Waals surface area contributed by atoms with Gasteiger partial charge in [0.2, 0.25) is 0 Å². The number of hydrogen-bond donors (Lipinski definition) is 2. The number of ether oxygens (including phenoxy) is 1. The molecule has 0 aliphatic rings. The van der Waals surface area contributed by atoms with Gasteiger partial charge in [0, 0.05) is 6.54 Å². The van der Waals surface area contributed by atoms with Crippen LogP contribution in [0.2, 0.25) is 0 Å². The molecular weight excluding hydrogens is 438 g/mol. The molecule has 35 heavy (non-hydrogen) atoms. The lowest BCUT2D eigenvalue weighted by atomic mass is 10.1. The van der Waals surface area contributed by atoms with Crippen LogP contribution >= 0.6 is 0 Å². The first-order valence-corrected chi connectivity index (χ1v) is 11.6. The van der Waals surface area contributed by atoms with Crippen molar-refractivity contribution in [3.05, 3.63) is 95.6 Å². The third-order valence-corrected chi connectivity index (χ3v) is 6.09. The summed E-state index contributed by atoms with van der Waals surface area (Å²) in [5.74, 6) is 0.894. The molecule has 7 nitrogen and oxygen atoms in total. The molecule has 0 saturated carbocycles. The Kier molecular flexibility index (Phi) is 6.30. The van der Waals surface area contributed by atoms with E-state index in [0.717, 1.165) is 35.2 Å². The van der Waals surface area contributed by atoms with Crippen molar-refractivity contribution >= 4 is 33.9 Å². The van der Waals surface area contributed by atoms with Gasteiger partial charge in [-0.25, -0.2) is 9.97 Å². The van der Waals surface area contributed by atoms with Crippen LogP contribution in [0, 0.1) is 0 Å². The van der Waals surface area contributed by atoms with E-state index < -0.39 is 0 Å². The van der Waals surface area contributed by atoms with Gasteiger partial charge in [-0.05, 0) is 48.2 Å². The van der Waals surface area contributed by atoms with Crippen molar-refractivity contribution in [1.82, 2.24) is 19.9 Å². The first-order valence-electron chi connectivity index (χ1n) is 11.6. The summed E-state index contributed by atoms with van der Waals surface area (Å²) in [7, 11) is 1.64. The third-order valence-electron chi connectivity index (χ3n) is 6.09. The number of anilines is 1. The van der Waals surface area contributed by atoms with Gasteiger partial charge >= 0.3 is 0 Å². The molecule has 7 heteroatoms. The lowest BCUT2D eigenvalue weighted by molar-refractivity contribution is 0.0955. The van der Waals surface area contributed by atoms with Gasteiger partial charge in [-0.3, -0.25) is 4.79 Å². The molecule has 0 unspecified atom stereocenters. The molecule has 0 aliphatic heterocycles. The van der Waals surface area contributed by atoms with Crippen molar-refractivity contribution in [2.75, 3.05) is 19.4 Å². The van der Waals surface area contributed by atoms with Crippen molar-refractivity contribution in [2.24, 2.45) is 0 Å². The number of fused-ring (bicyclic) bond motifs is 2. The minimum atomic E-state index is -0.237. The van der Waals surface area contributed by atoms with Crippen molar-refractivity contribution in [1.29, 1.82) is 0 Å². The number of para-hydroxylation sites is 2. The molecule has 5 aromatic rings. The van der Waals surface area contributed by atoms with Crippen LogP contribution in [-0.4, -0.2) is 34.1 Å². The van der Waals surface area contributed by atoms with Crippen LogP contribution < -0.4 is 15.8 Å². The summed E-state index contributed by atoms with van der Waals surface area (Å²) in [4.78, 5) is 22.9. The number of benzene rings is 3. The van der Waals surface area contributed by atoms with Gasteiger partial charge in [0.1, 0.15) is 22.6 Å². The molecule has 0 spiro atoms. The zero-order valence-corrected chi connectivity index (χ0v) is 19.6. The summed E-state index contributed by atoms with van der Waals surface area (Å²) in [6.45, 7) is 1.000. The Labute approximate surface area is 203 Å². The Hall–Kier alpha value is -4.39. The number of aromatic nitrogens is 3. The summed E-state index contributed by atoms with van der Waals surface area (Å²) in [5, 5.41) is 3.03. The van der Waals surface area contributed by atoms with Crippen LogP contribution in [0.4, 0.5) is 5.82 Å². The maximum absolute atomic E-state index is 13.3. The second-order valence-electron chi connectivity index (χ2n) is 8.42. The quantitative estimate of drug-likeness (QED) is 0.327. The molecule has 0 atom stereocenters. The number of nitrogens with one attached hydrogen (secondary N) is 1. The number of aryl methyl sites for hydroxylation is 1. The molecule has 2 aromatic heterocycles. The number of methoxy groups -OCH3 is 1. The van der Waals surface area contributed by atoms with E-state index in [0.29, 0.717) is 35.6 Å². The SMILES string of the molecule is COc1ccc(Cn2c(N)c(C(=O)NCCCc3ccccc3)c3nc4ccccc4nc32)cc1. The Bertz CT molecular complexity index is 1480.